The van der Waals surface area contributed by atoms with Crippen LogP contribution in [0, 0.1) is 5.92 Å². The van der Waals surface area contributed by atoms with Crippen LogP contribution in [0.25, 0.3) is 0 Å². The third-order valence-electron chi connectivity index (χ3n) is 2.78. The molecule has 3 nitrogen and oxygen atoms in total. The van der Waals surface area contributed by atoms with Crippen LogP contribution >= 0.6 is 0 Å². The molecule has 0 unspecified atom stereocenters. The van der Waals surface area contributed by atoms with E-state index in [0.717, 1.165) is 13.1 Å². The molecule has 0 bridgehead atoms. The first-order valence-corrected chi connectivity index (χ1v) is 6.05. The van der Waals surface area contributed by atoms with Crippen molar-refractivity contribution in [2.24, 2.45) is 5.92 Å². The Morgan fingerprint density at radius 3 is 2.06 bits per heavy atom. The second kappa shape index (κ2) is 4.36. The largest absolute Gasteiger partial charge is 0.460 e. The predicted molar refractivity (Wildman–Crippen MR) is 65.3 cm³/mol. The van der Waals surface area contributed by atoms with E-state index >= 15 is 0 Å². The second-order valence-corrected chi connectivity index (χ2v) is 6.73. The monoisotopic (exact) mass is 227 g/mol. The van der Waals surface area contributed by atoms with Crippen LogP contribution in [0.5, 0.6) is 0 Å². The molecule has 3 heteroatoms. The molecule has 0 aliphatic carbocycles. The summed E-state index contributed by atoms with van der Waals surface area (Å²) in [6, 6.07) is 0. The van der Waals surface area contributed by atoms with Gasteiger partial charge in [-0.3, -0.25) is 9.69 Å². The zero-order valence-electron chi connectivity index (χ0n) is 11.5. The van der Waals surface area contributed by atoms with Gasteiger partial charge in [-0.15, -0.1) is 0 Å². The molecule has 0 aromatic carbocycles. The Labute approximate surface area is 99.1 Å². The van der Waals surface area contributed by atoms with E-state index < -0.39 is 0 Å². The molecule has 0 radical (unpaired) electrons. The molecule has 1 heterocycles. The van der Waals surface area contributed by atoms with Crippen molar-refractivity contribution >= 4 is 5.97 Å². The van der Waals surface area contributed by atoms with Crippen molar-refractivity contribution in [3.8, 4) is 0 Å². The summed E-state index contributed by atoms with van der Waals surface area (Å²) in [5, 5.41) is 0. The average molecular weight is 227 g/mol. The zero-order valence-corrected chi connectivity index (χ0v) is 11.5. The molecule has 1 fully saturated rings. The Morgan fingerprint density at radius 1 is 1.19 bits per heavy atom. The SMILES string of the molecule is CC(C)(C)OC(=O)CC1CN(C(C)(C)C)C1. The average Bonchev–Trinajstić information content (AvgIpc) is 1.89. The van der Waals surface area contributed by atoms with Gasteiger partial charge in [0, 0.05) is 18.6 Å². The molecule has 16 heavy (non-hydrogen) atoms. The number of rotatable bonds is 2. The number of nitrogens with zero attached hydrogens (tertiary/aromatic N) is 1. The molecule has 1 rings (SSSR count). The fourth-order valence-electron chi connectivity index (χ4n) is 1.87. The van der Waals surface area contributed by atoms with Gasteiger partial charge >= 0.3 is 5.97 Å². The molecule has 0 saturated carbocycles. The van der Waals surface area contributed by atoms with Gasteiger partial charge in [-0.25, -0.2) is 0 Å². The highest BCUT2D eigenvalue weighted by Crippen LogP contribution is 2.27. The lowest BCUT2D eigenvalue weighted by molar-refractivity contribution is -0.158. The van der Waals surface area contributed by atoms with E-state index in [2.05, 4.69) is 25.7 Å². The molecule has 0 N–H and O–H groups in total. The van der Waals surface area contributed by atoms with Gasteiger partial charge in [-0.05, 0) is 47.5 Å². The molecular formula is C13H25NO2. The predicted octanol–water partition coefficient (Wildman–Crippen LogP) is 2.45. The van der Waals surface area contributed by atoms with E-state index in [0.29, 0.717) is 12.3 Å². The van der Waals surface area contributed by atoms with E-state index in [9.17, 15) is 4.79 Å². The van der Waals surface area contributed by atoms with E-state index in [1.165, 1.54) is 0 Å². The van der Waals surface area contributed by atoms with Gasteiger partial charge in [0.1, 0.15) is 5.60 Å². The summed E-state index contributed by atoms with van der Waals surface area (Å²) >= 11 is 0. The molecule has 1 aliphatic heterocycles. The van der Waals surface area contributed by atoms with Crippen LogP contribution in [0.2, 0.25) is 0 Å². The van der Waals surface area contributed by atoms with Crippen molar-refractivity contribution in [3.63, 3.8) is 0 Å². The first-order valence-electron chi connectivity index (χ1n) is 6.05. The Kier molecular flexibility index (Phi) is 3.68. The van der Waals surface area contributed by atoms with Crippen molar-refractivity contribution in [2.45, 2.75) is 59.1 Å². The van der Waals surface area contributed by atoms with Gasteiger partial charge in [0.05, 0.1) is 6.42 Å². The molecule has 94 valence electrons. The van der Waals surface area contributed by atoms with Crippen molar-refractivity contribution in [3.05, 3.63) is 0 Å². The van der Waals surface area contributed by atoms with Gasteiger partial charge in [0.25, 0.3) is 0 Å². The van der Waals surface area contributed by atoms with Crippen LogP contribution in [0.3, 0.4) is 0 Å². The minimum Gasteiger partial charge on any atom is -0.460 e. The topological polar surface area (TPSA) is 29.5 Å². The maximum atomic E-state index is 11.6. The van der Waals surface area contributed by atoms with Crippen molar-refractivity contribution in [1.82, 2.24) is 4.90 Å². The van der Waals surface area contributed by atoms with Crippen LogP contribution in [-0.2, 0) is 9.53 Å². The van der Waals surface area contributed by atoms with Gasteiger partial charge in [-0.1, -0.05) is 0 Å². The maximum absolute atomic E-state index is 11.6. The normalized spacial score (nSPS) is 19.4. The van der Waals surface area contributed by atoms with Gasteiger partial charge in [0.2, 0.25) is 0 Å². The number of carbonyl (C=O) groups excluding carboxylic acids is 1. The molecule has 1 saturated heterocycles. The summed E-state index contributed by atoms with van der Waals surface area (Å²) in [6.45, 7) is 14.4. The van der Waals surface area contributed by atoms with Crippen molar-refractivity contribution in [1.29, 1.82) is 0 Å². The maximum Gasteiger partial charge on any atom is 0.306 e. The van der Waals surface area contributed by atoms with Gasteiger partial charge < -0.3 is 4.74 Å². The third kappa shape index (κ3) is 4.12. The highest BCUT2D eigenvalue weighted by atomic mass is 16.6. The number of hydrogen-bond donors (Lipinski definition) is 0. The molecule has 0 spiro atoms. The third-order valence-corrected chi connectivity index (χ3v) is 2.78. The van der Waals surface area contributed by atoms with E-state index in [1.54, 1.807) is 0 Å². The minimum absolute atomic E-state index is 0.0638. The smallest absolute Gasteiger partial charge is 0.306 e. The van der Waals surface area contributed by atoms with Crippen LogP contribution in [0.4, 0.5) is 0 Å². The molecule has 0 atom stereocenters. The first-order chi connectivity index (χ1) is 7.08. The number of likely N-dealkylation sites (tertiary alicyclic amines) is 1. The van der Waals surface area contributed by atoms with Crippen LogP contribution in [0.15, 0.2) is 0 Å². The Hall–Kier alpha value is -0.570. The highest BCUT2D eigenvalue weighted by molar-refractivity contribution is 5.70. The lowest BCUT2D eigenvalue weighted by Crippen LogP contribution is -2.56. The zero-order chi connectivity index (χ0) is 12.6. The molecule has 1 aliphatic rings. The fraction of sp³-hybridized carbons (Fsp3) is 0.923. The number of ether oxygens (including phenoxy) is 1. The van der Waals surface area contributed by atoms with E-state index in [-0.39, 0.29) is 17.1 Å². The van der Waals surface area contributed by atoms with Gasteiger partial charge in [0.15, 0.2) is 0 Å². The van der Waals surface area contributed by atoms with Gasteiger partial charge in [-0.2, -0.15) is 0 Å². The summed E-state index contributed by atoms with van der Waals surface area (Å²) in [4.78, 5) is 14.0. The molecular weight excluding hydrogens is 202 g/mol. The first kappa shape index (κ1) is 13.5. The Morgan fingerprint density at radius 2 is 1.69 bits per heavy atom. The number of carbonyl (C=O) groups is 1. The quantitative estimate of drug-likeness (QED) is 0.679. The minimum atomic E-state index is -0.357. The Bertz CT molecular complexity index is 254. The van der Waals surface area contributed by atoms with Crippen molar-refractivity contribution in [2.75, 3.05) is 13.1 Å². The lowest BCUT2D eigenvalue weighted by atomic mass is 9.90. The summed E-state index contributed by atoms with van der Waals surface area (Å²) in [7, 11) is 0. The summed E-state index contributed by atoms with van der Waals surface area (Å²) in [6.07, 6.45) is 0.559. The molecule has 0 aromatic rings. The number of esters is 1. The van der Waals surface area contributed by atoms with Crippen LogP contribution in [0.1, 0.15) is 48.0 Å². The molecule has 0 amide bonds. The summed E-state index contributed by atoms with van der Waals surface area (Å²) in [5.74, 6) is 0.417. The summed E-state index contributed by atoms with van der Waals surface area (Å²) in [5.41, 5.74) is -0.130. The standard InChI is InChI=1S/C13H25NO2/c1-12(2,3)14-8-10(9-14)7-11(15)16-13(4,5)6/h10H,7-9H2,1-6H3. The molecule has 0 aromatic heterocycles. The van der Waals surface area contributed by atoms with Crippen molar-refractivity contribution < 1.29 is 9.53 Å². The lowest BCUT2D eigenvalue weighted by Gasteiger charge is -2.47. The van der Waals surface area contributed by atoms with Crippen LogP contribution < -0.4 is 0 Å². The van der Waals surface area contributed by atoms with Crippen LogP contribution in [-0.4, -0.2) is 35.1 Å². The van der Waals surface area contributed by atoms with E-state index in [1.807, 2.05) is 20.8 Å². The Balaban J connectivity index is 2.25. The second-order valence-electron chi connectivity index (χ2n) is 6.73. The number of hydrogen-bond acceptors (Lipinski definition) is 3. The summed E-state index contributed by atoms with van der Waals surface area (Å²) < 4.78 is 5.31. The van der Waals surface area contributed by atoms with E-state index in [4.69, 9.17) is 4.74 Å². The highest BCUT2D eigenvalue weighted by Gasteiger charge is 2.35. The fourth-order valence-corrected chi connectivity index (χ4v) is 1.87.